The van der Waals surface area contributed by atoms with Gasteiger partial charge in [0.05, 0.1) is 18.0 Å². The van der Waals surface area contributed by atoms with Crippen molar-refractivity contribution in [2.24, 2.45) is 0 Å². The second-order valence-electron chi connectivity index (χ2n) is 2.98. The minimum atomic E-state index is -1.16. The van der Waals surface area contributed by atoms with Gasteiger partial charge in [-0.05, 0) is 18.2 Å². The molecule has 1 aromatic carbocycles. The normalized spacial score (nSPS) is 10.5. The lowest BCUT2D eigenvalue weighted by Gasteiger charge is -1.95. The molecule has 0 bridgehead atoms. The second kappa shape index (κ2) is 3.16. The van der Waals surface area contributed by atoms with Gasteiger partial charge in [0, 0.05) is 5.69 Å². The summed E-state index contributed by atoms with van der Waals surface area (Å²) < 4.78 is 5.82. The summed E-state index contributed by atoms with van der Waals surface area (Å²) in [5.41, 5.74) is 6.58. The van der Waals surface area contributed by atoms with E-state index in [0.29, 0.717) is 16.6 Å². The van der Waals surface area contributed by atoms with Crippen LogP contribution in [0, 0.1) is 0 Å². The molecule has 6 heteroatoms. The van der Waals surface area contributed by atoms with Gasteiger partial charge in [-0.2, -0.15) is 4.68 Å². The number of nitrogens with two attached hydrogens (primary N) is 1. The zero-order valence-electron chi connectivity index (χ0n) is 7.97. The fourth-order valence-corrected chi connectivity index (χ4v) is 1.40. The Kier molecular flexibility index (Phi) is 1.96. The van der Waals surface area contributed by atoms with E-state index in [1.807, 2.05) is 0 Å². The number of nitrogen functional groups attached to an aromatic ring is 1. The SMILES string of the molecule is COc1nn(C(=O)O)c2ccc(N)cc12. The van der Waals surface area contributed by atoms with Crippen LogP contribution in [0.25, 0.3) is 10.9 Å². The number of fused-ring (bicyclic) bond motifs is 1. The maximum atomic E-state index is 10.8. The number of hydrogen-bond donors (Lipinski definition) is 2. The third-order valence-electron chi connectivity index (χ3n) is 2.04. The van der Waals surface area contributed by atoms with E-state index in [-0.39, 0.29) is 5.88 Å². The number of nitrogens with zero attached hydrogens (tertiary/aromatic N) is 2. The van der Waals surface area contributed by atoms with Crippen LogP contribution in [0.2, 0.25) is 0 Å². The molecule has 1 heterocycles. The van der Waals surface area contributed by atoms with Gasteiger partial charge in [-0.25, -0.2) is 4.79 Å². The summed E-state index contributed by atoms with van der Waals surface area (Å²) >= 11 is 0. The lowest BCUT2D eigenvalue weighted by Crippen LogP contribution is -2.09. The molecular formula is C9H9N3O3. The minimum Gasteiger partial charge on any atom is -0.479 e. The number of ether oxygens (including phenoxy) is 1. The number of rotatable bonds is 1. The predicted molar refractivity (Wildman–Crippen MR) is 54.1 cm³/mol. The molecular weight excluding hydrogens is 198 g/mol. The summed E-state index contributed by atoms with van der Waals surface area (Å²) in [5.74, 6) is 0.250. The molecule has 3 N–H and O–H groups in total. The van der Waals surface area contributed by atoms with E-state index in [4.69, 9.17) is 15.6 Å². The fraction of sp³-hybridized carbons (Fsp3) is 0.111. The van der Waals surface area contributed by atoms with Crippen LogP contribution in [0.4, 0.5) is 10.5 Å². The van der Waals surface area contributed by atoms with Crippen LogP contribution >= 0.6 is 0 Å². The monoisotopic (exact) mass is 207 g/mol. The number of anilines is 1. The van der Waals surface area contributed by atoms with Gasteiger partial charge in [0.1, 0.15) is 0 Å². The standard InChI is InChI=1S/C9H9N3O3/c1-15-8-6-4-5(10)2-3-7(6)12(11-8)9(13)14/h2-4H,10H2,1H3,(H,13,14). The van der Waals surface area contributed by atoms with Crippen LogP contribution in [0.5, 0.6) is 5.88 Å². The van der Waals surface area contributed by atoms with E-state index in [1.54, 1.807) is 18.2 Å². The number of benzene rings is 1. The number of methoxy groups -OCH3 is 1. The number of hydrogen-bond acceptors (Lipinski definition) is 4. The van der Waals surface area contributed by atoms with Gasteiger partial charge < -0.3 is 15.6 Å². The lowest BCUT2D eigenvalue weighted by molar-refractivity contribution is 0.193. The molecule has 0 fully saturated rings. The van der Waals surface area contributed by atoms with Crippen molar-refractivity contribution in [3.8, 4) is 5.88 Å². The fourth-order valence-electron chi connectivity index (χ4n) is 1.40. The highest BCUT2D eigenvalue weighted by molar-refractivity contribution is 5.92. The van der Waals surface area contributed by atoms with Crippen LogP contribution in [0.15, 0.2) is 18.2 Å². The zero-order valence-corrected chi connectivity index (χ0v) is 7.97. The van der Waals surface area contributed by atoms with Crippen LogP contribution < -0.4 is 10.5 Å². The van der Waals surface area contributed by atoms with Gasteiger partial charge in [0.2, 0.25) is 5.88 Å². The highest BCUT2D eigenvalue weighted by Crippen LogP contribution is 2.26. The molecule has 78 valence electrons. The first-order valence-electron chi connectivity index (χ1n) is 4.19. The van der Waals surface area contributed by atoms with Crippen molar-refractivity contribution in [3.05, 3.63) is 18.2 Å². The Hall–Kier alpha value is -2.24. The molecule has 0 unspecified atom stereocenters. The maximum absolute atomic E-state index is 10.8. The van der Waals surface area contributed by atoms with Crippen LogP contribution in [0.3, 0.4) is 0 Å². The first-order chi connectivity index (χ1) is 7.13. The maximum Gasteiger partial charge on any atom is 0.432 e. The Balaban J connectivity index is 2.81. The predicted octanol–water partition coefficient (Wildman–Crippen LogP) is 1.15. The van der Waals surface area contributed by atoms with Crippen LogP contribution in [-0.4, -0.2) is 28.1 Å². The summed E-state index contributed by atoms with van der Waals surface area (Å²) in [6.45, 7) is 0. The van der Waals surface area contributed by atoms with Crippen molar-refractivity contribution >= 4 is 22.7 Å². The number of carboxylic acid groups (broad SMARTS) is 1. The molecule has 0 amide bonds. The van der Waals surface area contributed by atoms with E-state index >= 15 is 0 Å². The van der Waals surface area contributed by atoms with Gasteiger partial charge in [-0.3, -0.25) is 0 Å². The van der Waals surface area contributed by atoms with Gasteiger partial charge in [0.15, 0.2) is 0 Å². The first-order valence-corrected chi connectivity index (χ1v) is 4.19. The Morgan fingerprint density at radius 2 is 2.33 bits per heavy atom. The summed E-state index contributed by atoms with van der Waals surface area (Å²) in [5, 5.41) is 13.2. The Bertz CT molecular complexity index is 533. The average Bonchev–Trinajstić information content (AvgIpc) is 2.55. The molecule has 0 aliphatic carbocycles. The first kappa shape index (κ1) is 9.32. The van der Waals surface area contributed by atoms with E-state index in [2.05, 4.69) is 5.10 Å². The van der Waals surface area contributed by atoms with Crippen LogP contribution in [0.1, 0.15) is 0 Å². The van der Waals surface area contributed by atoms with Gasteiger partial charge in [0.25, 0.3) is 0 Å². The van der Waals surface area contributed by atoms with Crippen molar-refractivity contribution in [3.63, 3.8) is 0 Å². The molecule has 0 aliphatic heterocycles. The molecule has 0 saturated heterocycles. The smallest absolute Gasteiger partial charge is 0.432 e. The van der Waals surface area contributed by atoms with Crippen molar-refractivity contribution in [2.45, 2.75) is 0 Å². The van der Waals surface area contributed by atoms with E-state index < -0.39 is 6.09 Å². The summed E-state index contributed by atoms with van der Waals surface area (Å²) in [6, 6.07) is 4.83. The lowest BCUT2D eigenvalue weighted by atomic mass is 10.2. The average molecular weight is 207 g/mol. The Morgan fingerprint density at radius 1 is 1.60 bits per heavy atom. The van der Waals surface area contributed by atoms with Crippen molar-refractivity contribution in [1.29, 1.82) is 0 Å². The van der Waals surface area contributed by atoms with Gasteiger partial charge in [-0.1, -0.05) is 0 Å². The Labute approximate surface area is 84.9 Å². The molecule has 0 atom stereocenters. The molecule has 2 aromatic rings. The molecule has 0 saturated carbocycles. The van der Waals surface area contributed by atoms with E-state index in [9.17, 15) is 4.79 Å². The summed E-state index contributed by atoms with van der Waals surface area (Å²) in [4.78, 5) is 10.8. The minimum absolute atomic E-state index is 0.250. The quantitative estimate of drug-likeness (QED) is 0.684. The highest BCUT2D eigenvalue weighted by atomic mass is 16.5. The molecule has 1 aromatic heterocycles. The van der Waals surface area contributed by atoms with Gasteiger partial charge in [-0.15, -0.1) is 5.10 Å². The molecule has 0 spiro atoms. The van der Waals surface area contributed by atoms with Crippen LogP contribution in [-0.2, 0) is 0 Å². The van der Waals surface area contributed by atoms with Crippen molar-refractivity contribution < 1.29 is 14.6 Å². The topological polar surface area (TPSA) is 90.4 Å². The zero-order chi connectivity index (χ0) is 11.0. The second-order valence-corrected chi connectivity index (χ2v) is 2.98. The molecule has 0 radical (unpaired) electrons. The summed E-state index contributed by atoms with van der Waals surface area (Å²) in [7, 11) is 1.43. The molecule has 15 heavy (non-hydrogen) atoms. The number of carbonyl (C=O) groups is 1. The van der Waals surface area contributed by atoms with Crippen molar-refractivity contribution in [1.82, 2.24) is 9.78 Å². The largest absolute Gasteiger partial charge is 0.479 e. The molecule has 6 nitrogen and oxygen atoms in total. The summed E-state index contributed by atoms with van der Waals surface area (Å²) in [6.07, 6.45) is -1.16. The Morgan fingerprint density at radius 3 is 2.93 bits per heavy atom. The molecule has 2 rings (SSSR count). The van der Waals surface area contributed by atoms with E-state index in [1.165, 1.54) is 7.11 Å². The third kappa shape index (κ3) is 1.35. The van der Waals surface area contributed by atoms with E-state index in [0.717, 1.165) is 4.68 Å². The highest BCUT2D eigenvalue weighted by Gasteiger charge is 2.14. The molecule has 0 aliphatic rings. The number of aromatic nitrogens is 2. The van der Waals surface area contributed by atoms with Gasteiger partial charge >= 0.3 is 6.09 Å². The van der Waals surface area contributed by atoms with Crippen molar-refractivity contribution in [2.75, 3.05) is 12.8 Å². The third-order valence-corrected chi connectivity index (χ3v) is 2.04.